The van der Waals surface area contributed by atoms with E-state index in [1.165, 1.54) is 0 Å². The lowest BCUT2D eigenvalue weighted by Gasteiger charge is -2.24. The minimum Gasteiger partial charge on any atom is -0.393 e. The van der Waals surface area contributed by atoms with Gasteiger partial charge in [0.15, 0.2) is 0 Å². The van der Waals surface area contributed by atoms with E-state index in [0.717, 1.165) is 37.2 Å². The van der Waals surface area contributed by atoms with E-state index in [-0.39, 0.29) is 18.1 Å². The van der Waals surface area contributed by atoms with Crippen molar-refractivity contribution >= 4 is 6.03 Å². The first kappa shape index (κ1) is 17.8. The van der Waals surface area contributed by atoms with Crippen LogP contribution in [0.2, 0.25) is 0 Å². The standard InChI is InChI=1S/C17H30N4O2/c1-12(10-21-14(3)8-13(2)19-21)9-18-17(23)20(4)11-15-6-5-7-16(15)22/h8,12,15-16,22H,5-7,9-11H2,1-4H3,(H,18,23). The molecule has 3 unspecified atom stereocenters. The minimum absolute atomic E-state index is 0.0654. The molecule has 1 fully saturated rings. The molecule has 0 spiro atoms. The van der Waals surface area contributed by atoms with Crippen molar-refractivity contribution in [3.63, 3.8) is 0 Å². The number of nitrogens with zero attached hydrogens (tertiary/aromatic N) is 3. The monoisotopic (exact) mass is 322 g/mol. The van der Waals surface area contributed by atoms with Crippen LogP contribution in [0.3, 0.4) is 0 Å². The Morgan fingerprint density at radius 2 is 2.26 bits per heavy atom. The Morgan fingerprint density at radius 1 is 1.52 bits per heavy atom. The molecular formula is C17H30N4O2. The van der Waals surface area contributed by atoms with Gasteiger partial charge >= 0.3 is 6.03 Å². The fourth-order valence-electron chi connectivity index (χ4n) is 3.28. The summed E-state index contributed by atoms with van der Waals surface area (Å²) >= 11 is 0. The van der Waals surface area contributed by atoms with Crippen LogP contribution in [-0.4, -0.2) is 52.1 Å². The van der Waals surface area contributed by atoms with E-state index in [1.807, 2.05) is 18.5 Å². The van der Waals surface area contributed by atoms with Gasteiger partial charge in [-0.15, -0.1) is 0 Å². The first-order chi connectivity index (χ1) is 10.9. The van der Waals surface area contributed by atoms with Gasteiger partial charge < -0.3 is 15.3 Å². The lowest BCUT2D eigenvalue weighted by atomic mass is 10.1. The van der Waals surface area contributed by atoms with Crippen molar-refractivity contribution < 1.29 is 9.90 Å². The van der Waals surface area contributed by atoms with Gasteiger partial charge in [-0.25, -0.2) is 4.79 Å². The molecule has 0 bridgehead atoms. The lowest BCUT2D eigenvalue weighted by Crippen LogP contribution is -2.42. The molecule has 0 aromatic carbocycles. The maximum Gasteiger partial charge on any atom is 0.317 e. The number of carbonyl (C=O) groups is 1. The topological polar surface area (TPSA) is 70.4 Å². The normalized spacial score (nSPS) is 22.1. The van der Waals surface area contributed by atoms with E-state index in [9.17, 15) is 9.90 Å². The SMILES string of the molecule is Cc1cc(C)n(CC(C)CNC(=O)N(C)CC2CCCC2O)n1. The second kappa shape index (κ2) is 7.81. The number of rotatable bonds is 6. The third kappa shape index (κ3) is 4.96. The summed E-state index contributed by atoms with van der Waals surface area (Å²) in [5.74, 6) is 0.528. The molecule has 1 aromatic rings. The Hall–Kier alpha value is -1.56. The molecule has 2 rings (SSSR count). The number of aliphatic hydroxyl groups is 1. The molecule has 2 amide bonds. The van der Waals surface area contributed by atoms with Gasteiger partial charge in [0.25, 0.3) is 0 Å². The van der Waals surface area contributed by atoms with Crippen LogP contribution >= 0.6 is 0 Å². The zero-order valence-corrected chi connectivity index (χ0v) is 14.7. The zero-order chi connectivity index (χ0) is 17.0. The lowest BCUT2D eigenvalue weighted by molar-refractivity contribution is 0.113. The third-order valence-corrected chi connectivity index (χ3v) is 4.66. The molecule has 1 aromatic heterocycles. The largest absolute Gasteiger partial charge is 0.393 e. The highest BCUT2D eigenvalue weighted by atomic mass is 16.3. The van der Waals surface area contributed by atoms with Crippen LogP contribution in [0.5, 0.6) is 0 Å². The molecule has 130 valence electrons. The fraction of sp³-hybridized carbons (Fsp3) is 0.765. The quantitative estimate of drug-likeness (QED) is 0.841. The highest BCUT2D eigenvalue weighted by Crippen LogP contribution is 2.25. The van der Waals surface area contributed by atoms with Crippen LogP contribution in [0.4, 0.5) is 4.79 Å². The van der Waals surface area contributed by atoms with Gasteiger partial charge in [-0.1, -0.05) is 13.3 Å². The Balaban J connectivity index is 1.73. The molecule has 1 aliphatic carbocycles. The van der Waals surface area contributed by atoms with Crippen LogP contribution in [-0.2, 0) is 6.54 Å². The zero-order valence-electron chi connectivity index (χ0n) is 14.7. The number of hydrogen-bond donors (Lipinski definition) is 2. The van der Waals surface area contributed by atoms with Crippen molar-refractivity contribution in [1.29, 1.82) is 0 Å². The molecule has 3 atom stereocenters. The van der Waals surface area contributed by atoms with Gasteiger partial charge in [-0.3, -0.25) is 4.68 Å². The highest BCUT2D eigenvalue weighted by Gasteiger charge is 2.27. The van der Waals surface area contributed by atoms with E-state index in [2.05, 4.69) is 23.4 Å². The smallest absolute Gasteiger partial charge is 0.317 e. The number of carbonyl (C=O) groups excluding carboxylic acids is 1. The van der Waals surface area contributed by atoms with Crippen LogP contribution in [0.25, 0.3) is 0 Å². The molecule has 6 nitrogen and oxygen atoms in total. The maximum absolute atomic E-state index is 12.2. The van der Waals surface area contributed by atoms with Gasteiger partial charge in [0, 0.05) is 38.3 Å². The molecule has 6 heteroatoms. The van der Waals surface area contributed by atoms with Crippen molar-refractivity contribution in [3.8, 4) is 0 Å². The Labute approximate surface area is 138 Å². The molecular weight excluding hydrogens is 292 g/mol. The number of aliphatic hydroxyl groups excluding tert-OH is 1. The first-order valence-corrected chi connectivity index (χ1v) is 8.55. The highest BCUT2D eigenvalue weighted by molar-refractivity contribution is 5.73. The Bertz CT molecular complexity index is 529. The molecule has 0 saturated heterocycles. The average Bonchev–Trinajstić information content (AvgIpc) is 3.02. The van der Waals surface area contributed by atoms with Gasteiger partial charge in [-0.2, -0.15) is 5.10 Å². The second-order valence-corrected chi connectivity index (χ2v) is 7.04. The number of urea groups is 1. The van der Waals surface area contributed by atoms with E-state index in [0.29, 0.717) is 19.0 Å². The van der Waals surface area contributed by atoms with Crippen molar-refractivity contribution in [2.24, 2.45) is 11.8 Å². The van der Waals surface area contributed by atoms with Crippen LogP contribution in [0, 0.1) is 25.7 Å². The van der Waals surface area contributed by atoms with E-state index >= 15 is 0 Å². The van der Waals surface area contributed by atoms with Crippen molar-refractivity contribution in [1.82, 2.24) is 20.0 Å². The number of hydrogen-bond acceptors (Lipinski definition) is 3. The van der Waals surface area contributed by atoms with Crippen LogP contribution in [0.1, 0.15) is 37.6 Å². The molecule has 23 heavy (non-hydrogen) atoms. The number of amides is 2. The summed E-state index contributed by atoms with van der Waals surface area (Å²) < 4.78 is 1.99. The fourth-order valence-corrected chi connectivity index (χ4v) is 3.28. The summed E-state index contributed by atoms with van der Waals surface area (Å²) in [4.78, 5) is 13.9. The Morgan fingerprint density at radius 3 is 2.83 bits per heavy atom. The number of nitrogens with one attached hydrogen (secondary N) is 1. The molecule has 1 heterocycles. The third-order valence-electron chi connectivity index (χ3n) is 4.66. The molecule has 0 radical (unpaired) electrons. The first-order valence-electron chi connectivity index (χ1n) is 8.55. The summed E-state index contributed by atoms with van der Waals surface area (Å²) in [6.45, 7) is 8.18. The predicted octanol–water partition coefficient (Wildman–Crippen LogP) is 1.94. The summed E-state index contributed by atoms with van der Waals surface area (Å²) in [7, 11) is 1.80. The van der Waals surface area contributed by atoms with Crippen molar-refractivity contribution in [2.45, 2.75) is 52.7 Å². The van der Waals surface area contributed by atoms with Gasteiger partial charge in [-0.05, 0) is 38.7 Å². The molecule has 0 aliphatic heterocycles. The average molecular weight is 322 g/mol. The molecule has 2 N–H and O–H groups in total. The van der Waals surface area contributed by atoms with Crippen LogP contribution in [0.15, 0.2) is 6.07 Å². The molecule has 1 saturated carbocycles. The number of aromatic nitrogens is 2. The Kier molecular flexibility index (Phi) is 6.04. The second-order valence-electron chi connectivity index (χ2n) is 7.04. The summed E-state index contributed by atoms with van der Waals surface area (Å²) in [6.07, 6.45) is 2.67. The predicted molar refractivity (Wildman–Crippen MR) is 90.2 cm³/mol. The summed E-state index contributed by atoms with van der Waals surface area (Å²) in [5, 5.41) is 17.3. The van der Waals surface area contributed by atoms with Crippen molar-refractivity contribution in [3.05, 3.63) is 17.5 Å². The molecule has 1 aliphatic rings. The van der Waals surface area contributed by atoms with Gasteiger partial charge in [0.2, 0.25) is 0 Å². The summed E-state index contributed by atoms with van der Waals surface area (Å²) in [5.41, 5.74) is 2.17. The van der Waals surface area contributed by atoms with E-state index in [4.69, 9.17) is 0 Å². The van der Waals surface area contributed by atoms with Gasteiger partial charge in [0.1, 0.15) is 0 Å². The van der Waals surface area contributed by atoms with E-state index < -0.39 is 0 Å². The van der Waals surface area contributed by atoms with Crippen LogP contribution < -0.4 is 5.32 Å². The minimum atomic E-state index is -0.254. The maximum atomic E-state index is 12.2. The van der Waals surface area contributed by atoms with Gasteiger partial charge in [0.05, 0.1) is 11.8 Å². The van der Waals surface area contributed by atoms with Crippen molar-refractivity contribution in [2.75, 3.05) is 20.1 Å². The van der Waals surface area contributed by atoms with E-state index in [1.54, 1.807) is 11.9 Å². The number of aryl methyl sites for hydroxylation is 2. The summed E-state index contributed by atoms with van der Waals surface area (Å²) in [6, 6.07) is 2.00.